The summed E-state index contributed by atoms with van der Waals surface area (Å²) in [6.07, 6.45) is 0.961. The van der Waals surface area contributed by atoms with Crippen molar-refractivity contribution in [3.63, 3.8) is 0 Å². The lowest BCUT2D eigenvalue weighted by atomic mass is 10.0. The molecule has 0 aromatic heterocycles. The fraction of sp³-hybridized carbons (Fsp3) is 0.263. The summed E-state index contributed by atoms with van der Waals surface area (Å²) >= 11 is 0. The zero-order chi connectivity index (χ0) is 17.4. The van der Waals surface area contributed by atoms with E-state index in [4.69, 9.17) is 4.74 Å². The van der Waals surface area contributed by atoms with E-state index in [1.165, 1.54) is 0 Å². The van der Waals surface area contributed by atoms with Crippen LogP contribution in [-0.2, 0) is 22.4 Å². The Labute approximate surface area is 141 Å². The molecule has 0 aliphatic rings. The molecule has 0 fully saturated rings. The van der Waals surface area contributed by atoms with Gasteiger partial charge in [-0.1, -0.05) is 48.5 Å². The van der Waals surface area contributed by atoms with Crippen molar-refractivity contribution in [3.05, 3.63) is 65.7 Å². The second kappa shape index (κ2) is 8.72. The third-order valence-corrected chi connectivity index (χ3v) is 3.73. The van der Waals surface area contributed by atoms with Crippen molar-refractivity contribution >= 4 is 11.9 Å². The van der Waals surface area contributed by atoms with Crippen LogP contribution in [0.4, 0.5) is 0 Å². The number of carbonyl (C=O) groups excluding carboxylic acids is 1. The smallest absolute Gasteiger partial charge is 0.326 e. The molecule has 0 aliphatic carbocycles. The average molecular weight is 327 g/mol. The highest BCUT2D eigenvalue weighted by molar-refractivity contribution is 5.83. The SMILES string of the molecule is COc1ccccc1CCC(=O)N[C@@H](Cc1ccccc1)C(=O)O. The molecule has 2 aromatic carbocycles. The number of hydrogen-bond donors (Lipinski definition) is 2. The highest BCUT2D eigenvalue weighted by Crippen LogP contribution is 2.18. The zero-order valence-electron chi connectivity index (χ0n) is 13.6. The Kier molecular flexibility index (Phi) is 6.37. The van der Waals surface area contributed by atoms with Crippen LogP contribution in [0.2, 0.25) is 0 Å². The molecule has 24 heavy (non-hydrogen) atoms. The average Bonchev–Trinajstić information content (AvgIpc) is 2.60. The van der Waals surface area contributed by atoms with Gasteiger partial charge < -0.3 is 15.2 Å². The summed E-state index contributed by atoms with van der Waals surface area (Å²) in [5.74, 6) is -0.599. The number of para-hydroxylation sites is 1. The normalized spacial score (nSPS) is 11.5. The van der Waals surface area contributed by atoms with E-state index in [-0.39, 0.29) is 18.7 Å². The van der Waals surface area contributed by atoms with E-state index in [1.807, 2.05) is 54.6 Å². The quantitative estimate of drug-likeness (QED) is 0.781. The molecule has 1 atom stereocenters. The number of benzene rings is 2. The van der Waals surface area contributed by atoms with E-state index in [1.54, 1.807) is 7.11 Å². The molecule has 5 nitrogen and oxygen atoms in total. The number of amides is 1. The third-order valence-electron chi connectivity index (χ3n) is 3.73. The molecule has 2 aromatic rings. The minimum atomic E-state index is -1.04. The second-order valence-electron chi connectivity index (χ2n) is 5.46. The first-order chi connectivity index (χ1) is 11.6. The van der Waals surface area contributed by atoms with Gasteiger partial charge in [-0.3, -0.25) is 4.79 Å². The Morgan fingerprint density at radius 1 is 1.08 bits per heavy atom. The van der Waals surface area contributed by atoms with Gasteiger partial charge in [0.05, 0.1) is 7.11 Å². The molecular formula is C19H21NO4. The highest BCUT2D eigenvalue weighted by atomic mass is 16.5. The first kappa shape index (κ1) is 17.5. The third kappa shape index (κ3) is 5.12. The van der Waals surface area contributed by atoms with E-state index in [9.17, 15) is 14.7 Å². The predicted molar refractivity (Wildman–Crippen MR) is 91.0 cm³/mol. The molecular weight excluding hydrogens is 306 g/mol. The van der Waals surface area contributed by atoms with Crippen LogP contribution in [0.1, 0.15) is 17.5 Å². The highest BCUT2D eigenvalue weighted by Gasteiger charge is 2.20. The Hall–Kier alpha value is -2.82. The summed E-state index contributed by atoms with van der Waals surface area (Å²) in [6.45, 7) is 0. The maximum Gasteiger partial charge on any atom is 0.326 e. The Morgan fingerprint density at radius 2 is 1.75 bits per heavy atom. The maximum atomic E-state index is 12.1. The van der Waals surface area contributed by atoms with Crippen LogP contribution < -0.4 is 10.1 Å². The molecule has 0 unspecified atom stereocenters. The van der Waals surface area contributed by atoms with Crippen LogP contribution >= 0.6 is 0 Å². The molecule has 2 rings (SSSR count). The van der Waals surface area contributed by atoms with Crippen molar-refractivity contribution < 1.29 is 19.4 Å². The Balaban J connectivity index is 1.92. The topological polar surface area (TPSA) is 75.6 Å². The van der Waals surface area contributed by atoms with Gasteiger partial charge in [0.2, 0.25) is 5.91 Å². The minimum Gasteiger partial charge on any atom is -0.496 e. The van der Waals surface area contributed by atoms with Gasteiger partial charge in [0.25, 0.3) is 0 Å². The Bertz CT molecular complexity index is 685. The van der Waals surface area contributed by atoms with Crippen molar-refractivity contribution in [3.8, 4) is 5.75 Å². The standard InChI is InChI=1S/C19H21NO4/c1-24-17-10-6-5-9-15(17)11-12-18(21)20-16(19(22)23)13-14-7-3-2-4-8-14/h2-10,16H,11-13H2,1H3,(H,20,21)(H,22,23)/t16-/m0/s1. The fourth-order valence-electron chi connectivity index (χ4n) is 2.47. The maximum absolute atomic E-state index is 12.1. The first-order valence-electron chi connectivity index (χ1n) is 7.78. The van der Waals surface area contributed by atoms with E-state index in [2.05, 4.69) is 5.32 Å². The van der Waals surface area contributed by atoms with E-state index < -0.39 is 12.0 Å². The molecule has 0 aliphatic heterocycles. The lowest BCUT2D eigenvalue weighted by Crippen LogP contribution is -2.42. The zero-order valence-corrected chi connectivity index (χ0v) is 13.6. The number of ether oxygens (including phenoxy) is 1. The lowest BCUT2D eigenvalue weighted by Gasteiger charge is -2.15. The van der Waals surface area contributed by atoms with Crippen LogP contribution in [0, 0.1) is 0 Å². The summed E-state index contributed by atoms with van der Waals surface area (Å²) in [5, 5.41) is 11.9. The molecule has 0 heterocycles. The molecule has 0 saturated heterocycles. The first-order valence-corrected chi connectivity index (χ1v) is 7.78. The lowest BCUT2D eigenvalue weighted by molar-refractivity contribution is -0.141. The minimum absolute atomic E-state index is 0.207. The second-order valence-corrected chi connectivity index (χ2v) is 5.46. The molecule has 0 spiro atoms. The van der Waals surface area contributed by atoms with Crippen LogP contribution in [0.25, 0.3) is 0 Å². The van der Waals surface area contributed by atoms with E-state index >= 15 is 0 Å². The molecule has 0 saturated carbocycles. The van der Waals surface area contributed by atoms with Gasteiger partial charge in [-0.15, -0.1) is 0 Å². The van der Waals surface area contributed by atoms with E-state index in [0.717, 1.165) is 16.9 Å². The summed E-state index contributed by atoms with van der Waals surface area (Å²) in [5.41, 5.74) is 1.79. The molecule has 126 valence electrons. The molecule has 0 bridgehead atoms. The van der Waals surface area contributed by atoms with Crippen LogP contribution in [0.15, 0.2) is 54.6 Å². The number of carboxylic acid groups (broad SMARTS) is 1. The summed E-state index contributed by atoms with van der Waals surface area (Å²) in [4.78, 5) is 23.5. The monoisotopic (exact) mass is 327 g/mol. The molecule has 0 radical (unpaired) electrons. The fourth-order valence-corrected chi connectivity index (χ4v) is 2.47. The summed E-state index contributed by atoms with van der Waals surface area (Å²) < 4.78 is 5.25. The number of methoxy groups -OCH3 is 1. The van der Waals surface area contributed by atoms with Gasteiger partial charge >= 0.3 is 5.97 Å². The van der Waals surface area contributed by atoms with Gasteiger partial charge in [-0.2, -0.15) is 0 Å². The largest absolute Gasteiger partial charge is 0.496 e. The number of hydrogen-bond acceptors (Lipinski definition) is 3. The van der Waals surface area contributed by atoms with Gasteiger partial charge in [-0.05, 0) is 23.6 Å². The number of aryl methyl sites for hydroxylation is 1. The molecule has 5 heteroatoms. The number of aliphatic carboxylic acids is 1. The number of nitrogens with one attached hydrogen (secondary N) is 1. The van der Waals surface area contributed by atoms with Crippen molar-refractivity contribution in [2.24, 2.45) is 0 Å². The van der Waals surface area contributed by atoms with Gasteiger partial charge in [0, 0.05) is 12.8 Å². The van der Waals surface area contributed by atoms with Gasteiger partial charge in [-0.25, -0.2) is 4.79 Å². The summed E-state index contributed by atoms with van der Waals surface area (Å²) in [7, 11) is 1.58. The number of carbonyl (C=O) groups is 2. The van der Waals surface area contributed by atoms with Gasteiger partial charge in [0.1, 0.15) is 11.8 Å². The summed E-state index contributed by atoms with van der Waals surface area (Å²) in [6, 6.07) is 15.8. The van der Waals surface area contributed by atoms with Gasteiger partial charge in [0.15, 0.2) is 0 Å². The number of rotatable bonds is 8. The predicted octanol–water partition coefficient (Wildman–Crippen LogP) is 2.44. The Morgan fingerprint density at radius 3 is 2.42 bits per heavy atom. The van der Waals surface area contributed by atoms with E-state index in [0.29, 0.717) is 6.42 Å². The van der Waals surface area contributed by atoms with Crippen molar-refractivity contribution in [2.45, 2.75) is 25.3 Å². The molecule has 2 N–H and O–H groups in total. The van der Waals surface area contributed by atoms with Crippen LogP contribution in [0.5, 0.6) is 5.75 Å². The van der Waals surface area contributed by atoms with Crippen LogP contribution in [0.3, 0.4) is 0 Å². The van der Waals surface area contributed by atoms with Crippen molar-refractivity contribution in [2.75, 3.05) is 7.11 Å². The number of carboxylic acids is 1. The van der Waals surface area contributed by atoms with Crippen molar-refractivity contribution in [1.29, 1.82) is 0 Å². The van der Waals surface area contributed by atoms with Crippen molar-refractivity contribution in [1.82, 2.24) is 5.32 Å². The molecule has 1 amide bonds. The van der Waals surface area contributed by atoms with Crippen LogP contribution in [-0.4, -0.2) is 30.1 Å².